The zero-order valence-electron chi connectivity index (χ0n) is 14.3. The number of benzene rings is 1. The number of carbonyl (C=O) groups is 2. The van der Waals surface area contributed by atoms with E-state index in [1.807, 2.05) is 31.2 Å². The van der Waals surface area contributed by atoms with Gasteiger partial charge in [0, 0.05) is 6.20 Å². The number of hydrogen-bond donors (Lipinski definition) is 3. The highest BCUT2D eigenvalue weighted by Gasteiger charge is 2.21. The Morgan fingerprint density at radius 3 is 2.46 bits per heavy atom. The minimum Gasteiger partial charge on any atom is -0.357 e. The van der Waals surface area contributed by atoms with E-state index in [9.17, 15) is 9.59 Å². The molecule has 2 amide bonds. The first-order valence-electron chi connectivity index (χ1n) is 7.98. The third-order valence-electron chi connectivity index (χ3n) is 3.88. The van der Waals surface area contributed by atoms with Gasteiger partial charge in [-0.05, 0) is 31.5 Å². The number of halogens is 1. The summed E-state index contributed by atoms with van der Waals surface area (Å²) in [6, 6.07) is 11.3. The van der Waals surface area contributed by atoms with E-state index < -0.39 is 11.8 Å². The van der Waals surface area contributed by atoms with E-state index >= 15 is 0 Å². The summed E-state index contributed by atoms with van der Waals surface area (Å²) in [5, 5.41) is 4.55. The number of amides is 2. The molecule has 26 heavy (non-hydrogen) atoms. The van der Waals surface area contributed by atoms with Crippen molar-refractivity contribution < 1.29 is 9.59 Å². The molecule has 7 nitrogen and oxygen atoms in total. The number of nitrogens with zero attached hydrogens (tertiary/aromatic N) is 2. The second-order valence-corrected chi connectivity index (χ2v) is 6.24. The van der Waals surface area contributed by atoms with Crippen LogP contribution in [0.2, 0.25) is 5.15 Å². The van der Waals surface area contributed by atoms with Gasteiger partial charge < -0.3 is 4.98 Å². The predicted molar refractivity (Wildman–Crippen MR) is 98.0 cm³/mol. The van der Waals surface area contributed by atoms with Gasteiger partial charge in [-0.25, -0.2) is 4.68 Å². The van der Waals surface area contributed by atoms with E-state index in [4.69, 9.17) is 11.6 Å². The van der Waals surface area contributed by atoms with Crippen LogP contribution in [0.5, 0.6) is 0 Å². The molecule has 0 unspecified atom stereocenters. The van der Waals surface area contributed by atoms with Crippen molar-refractivity contribution in [3.8, 4) is 0 Å². The van der Waals surface area contributed by atoms with Gasteiger partial charge in [0.1, 0.15) is 16.4 Å². The fraction of sp³-hybridized carbons (Fsp3) is 0.167. The molecule has 0 aliphatic rings. The number of aromatic amines is 1. The Balaban J connectivity index is 1.71. The van der Waals surface area contributed by atoms with Gasteiger partial charge in [-0.1, -0.05) is 41.4 Å². The maximum absolute atomic E-state index is 12.4. The van der Waals surface area contributed by atoms with Crippen LogP contribution >= 0.6 is 11.6 Å². The van der Waals surface area contributed by atoms with E-state index in [-0.39, 0.29) is 10.7 Å². The molecule has 0 aliphatic carbocycles. The second-order valence-electron chi connectivity index (χ2n) is 5.89. The summed E-state index contributed by atoms with van der Waals surface area (Å²) in [5.41, 5.74) is 7.92. The molecular weight excluding hydrogens is 354 g/mol. The van der Waals surface area contributed by atoms with Crippen molar-refractivity contribution in [2.24, 2.45) is 0 Å². The molecule has 3 aromatic rings. The fourth-order valence-electron chi connectivity index (χ4n) is 2.50. The molecule has 0 saturated heterocycles. The standard InChI is InChI=1S/C18H18ClN5O2/c1-11-5-7-13(8-6-11)10-24-16(19)15(12(2)23-24)18(26)22-21-17(25)14-4-3-9-20-14/h3-9,20H,10H2,1-2H3,(H,21,25)(H,22,26). The first kappa shape index (κ1) is 17.8. The molecule has 1 aromatic carbocycles. The van der Waals surface area contributed by atoms with Crippen molar-refractivity contribution in [1.29, 1.82) is 0 Å². The first-order valence-corrected chi connectivity index (χ1v) is 8.36. The molecule has 0 spiro atoms. The number of hydrogen-bond acceptors (Lipinski definition) is 3. The van der Waals surface area contributed by atoms with Crippen LogP contribution in [0.25, 0.3) is 0 Å². The van der Waals surface area contributed by atoms with Gasteiger partial charge in [0.2, 0.25) is 0 Å². The number of nitrogens with one attached hydrogen (secondary N) is 3. The lowest BCUT2D eigenvalue weighted by Crippen LogP contribution is -2.42. The minimum atomic E-state index is -0.525. The number of H-pyrrole nitrogens is 1. The molecule has 134 valence electrons. The number of hydrazine groups is 1. The Labute approximate surface area is 155 Å². The smallest absolute Gasteiger partial charge is 0.286 e. The molecule has 0 aliphatic heterocycles. The molecule has 3 rings (SSSR count). The number of aryl methyl sites for hydroxylation is 2. The van der Waals surface area contributed by atoms with Gasteiger partial charge >= 0.3 is 0 Å². The van der Waals surface area contributed by atoms with E-state index in [0.29, 0.717) is 17.9 Å². The van der Waals surface area contributed by atoms with Crippen LogP contribution in [0.15, 0.2) is 42.6 Å². The number of aromatic nitrogens is 3. The van der Waals surface area contributed by atoms with Crippen LogP contribution in [-0.4, -0.2) is 26.6 Å². The molecule has 0 atom stereocenters. The summed E-state index contributed by atoms with van der Waals surface area (Å²) in [7, 11) is 0. The highest BCUT2D eigenvalue weighted by atomic mass is 35.5. The summed E-state index contributed by atoms with van der Waals surface area (Å²) < 4.78 is 1.56. The summed E-state index contributed by atoms with van der Waals surface area (Å²) in [6.45, 7) is 4.15. The van der Waals surface area contributed by atoms with Gasteiger partial charge in [0.25, 0.3) is 11.8 Å². The average Bonchev–Trinajstić information content (AvgIpc) is 3.24. The lowest BCUT2D eigenvalue weighted by molar-refractivity contribution is 0.0844. The molecular formula is C18H18ClN5O2. The van der Waals surface area contributed by atoms with Crippen molar-refractivity contribution in [1.82, 2.24) is 25.6 Å². The Kier molecular flexibility index (Phi) is 5.09. The molecule has 2 aromatic heterocycles. The first-order chi connectivity index (χ1) is 12.5. The maximum atomic E-state index is 12.4. The Hall–Kier alpha value is -3.06. The zero-order valence-corrected chi connectivity index (χ0v) is 15.1. The van der Waals surface area contributed by atoms with Crippen molar-refractivity contribution >= 4 is 23.4 Å². The molecule has 0 radical (unpaired) electrons. The van der Waals surface area contributed by atoms with Crippen LogP contribution in [0.1, 0.15) is 37.7 Å². The van der Waals surface area contributed by atoms with Crippen LogP contribution in [0, 0.1) is 13.8 Å². The zero-order chi connectivity index (χ0) is 18.7. The van der Waals surface area contributed by atoms with Crippen LogP contribution in [0.4, 0.5) is 0 Å². The van der Waals surface area contributed by atoms with E-state index in [0.717, 1.165) is 11.1 Å². The van der Waals surface area contributed by atoms with E-state index in [1.165, 1.54) is 0 Å². The van der Waals surface area contributed by atoms with Crippen molar-refractivity contribution in [2.45, 2.75) is 20.4 Å². The second kappa shape index (κ2) is 7.45. The fourth-order valence-corrected chi connectivity index (χ4v) is 2.82. The average molecular weight is 372 g/mol. The maximum Gasteiger partial charge on any atom is 0.286 e. The Morgan fingerprint density at radius 2 is 1.81 bits per heavy atom. The Morgan fingerprint density at radius 1 is 1.12 bits per heavy atom. The molecule has 0 fully saturated rings. The van der Waals surface area contributed by atoms with Crippen molar-refractivity contribution in [3.63, 3.8) is 0 Å². The summed E-state index contributed by atoms with van der Waals surface area (Å²) >= 11 is 6.34. The largest absolute Gasteiger partial charge is 0.357 e. The van der Waals surface area contributed by atoms with E-state index in [2.05, 4.69) is 20.9 Å². The number of carbonyl (C=O) groups excluding carboxylic acids is 2. The summed E-state index contributed by atoms with van der Waals surface area (Å²) in [4.78, 5) is 27.0. The highest BCUT2D eigenvalue weighted by Crippen LogP contribution is 2.21. The third-order valence-corrected chi connectivity index (χ3v) is 4.26. The lowest BCUT2D eigenvalue weighted by atomic mass is 10.1. The third kappa shape index (κ3) is 3.78. The highest BCUT2D eigenvalue weighted by molar-refractivity contribution is 6.33. The Bertz CT molecular complexity index is 929. The molecule has 0 bridgehead atoms. The van der Waals surface area contributed by atoms with Gasteiger partial charge in [0.15, 0.2) is 0 Å². The normalized spacial score (nSPS) is 10.6. The topological polar surface area (TPSA) is 91.8 Å². The predicted octanol–water partition coefficient (Wildman–Crippen LogP) is 2.60. The van der Waals surface area contributed by atoms with Gasteiger partial charge in [-0.2, -0.15) is 5.10 Å². The van der Waals surface area contributed by atoms with Crippen LogP contribution in [-0.2, 0) is 6.54 Å². The van der Waals surface area contributed by atoms with Crippen molar-refractivity contribution in [2.75, 3.05) is 0 Å². The van der Waals surface area contributed by atoms with Crippen LogP contribution < -0.4 is 10.9 Å². The SMILES string of the molecule is Cc1ccc(Cn2nc(C)c(C(=O)NNC(=O)c3ccc[nH]3)c2Cl)cc1. The summed E-state index contributed by atoms with van der Waals surface area (Å²) in [5.74, 6) is -0.980. The summed E-state index contributed by atoms with van der Waals surface area (Å²) in [6.07, 6.45) is 1.62. The monoisotopic (exact) mass is 371 g/mol. The van der Waals surface area contributed by atoms with E-state index in [1.54, 1.807) is 29.9 Å². The molecule has 8 heteroatoms. The van der Waals surface area contributed by atoms with Gasteiger partial charge in [0.05, 0.1) is 12.2 Å². The molecule has 2 heterocycles. The van der Waals surface area contributed by atoms with Crippen LogP contribution in [0.3, 0.4) is 0 Å². The lowest BCUT2D eigenvalue weighted by Gasteiger charge is -2.07. The molecule has 3 N–H and O–H groups in total. The van der Waals surface area contributed by atoms with Gasteiger partial charge in [-0.3, -0.25) is 20.4 Å². The van der Waals surface area contributed by atoms with Gasteiger partial charge in [-0.15, -0.1) is 0 Å². The molecule has 0 saturated carbocycles. The quantitative estimate of drug-likeness (QED) is 0.615. The number of rotatable bonds is 4. The minimum absolute atomic E-state index is 0.217. The van der Waals surface area contributed by atoms with Crippen molar-refractivity contribution in [3.05, 3.63) is 75.8 Å².